The summed E-state index contributed by atoms with van der Waals surface area (Å²) in [4.78, 5) is 4.90. The molecule has 0 saturated heterocycles. The number of rotatable bonds is 19. The van der Waals surface area contributed by atoms with Crippen molar-refractivity contribution >= 4 is 27.2 Å². The molecule has 1 fully saturated rings. The van der Waals surface area contributed by atoms with Crippen LogP contribution in [0.15, 0.2) is 95.4 Å². The van der Waals surface area contributed by atoms with E-state index in [1.165, 1.54) is 65.3 Å². The molecular formula is C49H75KN3O5S+. The maximum Gasteiger partial charge on any atom is 1.00 e. The Morgan fingerprint density at radius 3 is 1.63 bits per heavy atom. The van der Waals surface area contributed by atoms with Crippen molar-refractivity contribution in [3.8, 4) is 0 Å². The molecule has 2 aliphatic heterocycles. The van der Waals surface area contributed by atoms with Gasteiger partial charge < -0.3 is 23.8 Å². The summed E-state index contributed by atoms with van der Waals surface area (Å²) in [6.45, 7) is 21.4. The Kier molecular flexibility index (Phi) is 20.2. The minimum Gasteiger partial charge on any atom is -0.748 e. The second kappa shape index (κ2) is 24.7. The molecule has 3 aliphatic rings. The van der Waals surface area contributed by atoms with Gasteiger partial charge in [-0.25, -0.2) is 13.0 Å². The van der Waals surface area contributed by atoms with Crippen LogP contribution in [-0.4, -0.2) is 81.6 Å². The second-order valence-corrected chi connectivity index (χ2v) is 17.9. The maximum absolute atomic E-state index is 11.4. The molecule has 0 radical (unpaired) electrons. The first-order valence-electron chi connectivity index (χ1n) is 23.5. The first-order chi connectivity index (χ1) is 29.3. The van der Waals surface area contributed by atoms with Gasteiger partial charge in [-0.05, 0) is 87.8 Å². The number of fused-ring (bicyclic) bond motifs is 2. The molecule has 0 aromatic heterocycles. The molecule has 5 rings (SSSR count). The quantitative estimate of drug-likeness (QED) is 0.0620. The van der Waals surface area contributed by atoms with Gasteiger partial charge in [0.2, 0.25) is 5.71 Å². The van der Waals surface area contributed by atoms with Gasteiger partial charge in [0.05, 0.1) is 10.1 Å². The van der Waals surface area contributed by atoms with E-state index in [1.807, 2.05) is 13.8 Å². The third-order valence-corrected chi connectivity index (χ3v) is 12.5. The molecule has 0 unspecified atom stereocenters. The molecule has 0 amide bonds. The van der Waals surface area contributed by atoms with Gasteiger partial charge in [-0.1, -0.05) is 111 Å². The number of allylic oxidation sites excluding steroid dienone is 8. The first-order valence-corrected chi connectivity index (χ1v) is 22.7. The number of anilines is 2. The fourth-order valence-electron chi connectivity index (χ4n) is 8.81. The van der Waals surface area contributed by atoms with Crippen LogP contribution < -0.4 is 61.2 Å². The second-order valence-electron chi connectivity index (χ2n) is 16.3. The molecule has 1 aliphatic carbocycles. The van der Waals surface area contributed by atoms with Crippen LogP contribution >= 0.6 is 0 Å². The summed E-state index contributed by atoms with van der Waals surface area (Å²) >= 11 is 0. The standard InChI is InChI=1S/C47H67N3O5S.2CH4.K/c1-8-11-16-30-49-41-24-14-12-22-39(41)46(4,5)43(49)28-26-37-20-19-21-38(45(37)48(32-34-54-9-2)33-35-55-10-3)27-29-44-47(6,7)40-23-13-15-25-42(40)50(44)31-17-18-36-56(51,52)53;;;/h12-15,22-29H,8-11,16-21,30-36H2,1-7H3;2*1H4;/q;;;+1/i;1D2;1D;. The van der Waals surface area contributed by atoms with Crippen LogP contribution in [-0.2, 0) is 30.4 Å². The molecule has 2 aromatic rings. The first kappa shape index (κ1) is 48.2. The zero-order valence-electron chi connectivity index (χ0n) is 40.9. The number of unbranched alkanes of at least 4 members (excludes halogenated alkanes) is 3. The summed E-state index contributed by atoms with van der Waals surface area (Å²) < 4.78 is 66.1. The summed E-state index contributed by atoms with van der Waals surface area (Å²) in [5, 5.41) is 0. The number of hydrogen-bond donors (Lipinski definition) is 0. The molecule has 2 aromatic carbocycles. The van der Waals surface area contributed by atoms with Crippen LogP contribution in [0.1, 0.15) is 130 Å². The molecule has 10 heteroatoms. The topological polar surface area (TPSA) is 85.2 Å². The third kappa shape index (κ3) is 13.3. The molecule has 1 saturated carbocycles. The molecule has 8 nitrogen and oxygen atoms in total. The van der Waals surface area contributed by atoms with Crippen LogP contribution in [0.2, 0.25) is 0 Å². The predicted octanol–water partition coefficient (Wildman–Crippen LogP) is 7.70. The zero-order chi connectivity index (χ0) is 45.1. The van der Waals surface area contributed by atoms with Crippen molar-refractivity contribution in [1.29, 1.82) is 0 Å². The number of benzene rings is 2. The van der Waals surface area contributed by atoms with Gasteiger partial charge in [-0.3, -0.25) is 0 Å². The molecule has 0 bridgehead atoms. The van der Waals surface area contributed by atoms with Crippen molar-refractivity contribution in [2.24, 2.45) is 0 Å². The molecular weight excluding hydrogens is 782 g/mol. The summed E-state index contributed by atoms with van der Waals surface area (Å²) in [7, 11) is -3.25. The van der Waals surface area contributed by atoms with Gasteiger partial charge >= 0.3 is 51.4 Å². The largest absolute Gasteiger partial charge is 1.00 e. The van der Waals surface area contributed by atoms with Crippen LogP contribution in [0, 0.1) is 0 Å². The van der Waals surface area contributed by atoms with E-state index >= 15 is 0 Å². The number of para-hydroxylation sites is 2. The van der Waals surface area contributed by atoms with Crippen LogP contribution in [0.5, 0.6) is 0 Å². The van der Waals surface area contributed by atoms with Crippen molar-refractivity contribution in [3.63, 3.8) is 0 Å². The molecule has 0 N–H and O–H groups in total. The Bertz CT molecular complexity index is 1950. The summed E-state index contributed by atoms with van der Waals surface area (Å²) in [6.07, 6.45) is 17.0. The van der Waals surface area contributed by atoms with Crippen LogP contribution in [0.4, 0.5) is 11.4 Å². The number of hydrogen-bond acceptors (Lipinski definition) is 7. The van der Waals surface area contributed by atoms with Crippen molar-refractivity contribution in [2.75, 3.05) is 68.2 Å². The van der Waals surface area contributed by atoms with E-state index in [-0.39, 0.29) is 75.3 Å². The average Bonchev–Trinajstić information content (AvgIpc) is 3.59. The minimum absolute atomic E-state index is 0. The van der Waals surface area contributed by atoms with Crippen molar-refractivity contribution in [2.45, 2.75) is 125 Å². The molecule has 322 valence electrons. The SMILES string of the molecule is CCCCCN1C(=CC=C2CCC/C(=C\C=C3\N(CCCCS(=O)(=O)[O-])c4ccccc4C3(C)C)C2=[N+](CCOCC)CCOCC)C(C)(C)c2ccccc21.[2H]C.[2H]C[2H].[K+]. The van der Waals surface area contributed by atoms with Crippen molar-refractivity contribution < 1.29 is 82.5 Å². The van der Waals surface area contributed by atoms with Gasteiger partial charge in [0.15, 0.2) is 13.1 Å². The predicted molar refractivity (Wildman–Crippen MR) is 245 cm³/mol. The van der Waals surface area contributed by atoms with E-state index in [4.69, 9.17) is 13.6 Å². The van der Waals surface area contributed by atoms with E-state index < -0.39 is 10.1 Å². The van der Waals surface area contributed by atoms with Gasteiger partial charge in [0, 0.05) is 80.9 Å². The van der Waals surface area contributed by atoms with E-state index in [0.29, 0.717) is 45.8 Å². The molecule has 59 heavy (non-hydrogen) atoms. The van der Waals surface area contributed by atoms with E-state index in [1.54, 1.807) is 0 Å². The summed E-state index contributed by atoms with van der Waals surface area (Å²) in [5.74, 6) is -0.336. The van der Waals surface area contributed by atoms with E-state index in [2.05, 4.69) is 122 Å². The monoisotopic (exact) mass is 860 g/mol. The normalized spacial score (nSPS) is 19.9. The third-order valence-electron chi connectivity index (χ3n) is 11.7. The minimum atomic E-state index is -4.25. The van der Waals surface area contributed by atoms with Gasteiger partial charge in [0.25, 0.3) is 0 Å². The fraction of sp³-hybridized carbons (Fsp3) is 0.571. The molecule has 0 atom stereocenters. The van der Waals surface area contributed by atoms with Crippen LogP contribution in [0.25, 0.3) is 0 Å². The Morgan fingerprint density at radius 2 is 1.20 bits per heavy atom. The van der Waals surface area contributed by atoms with Crippen molar-refractivity contribution in [3.05, 3.63) is 107 Å². The number of ether oxygens (including phenoxy) is 2. The van der Waals surface area contributed by atoms with Gasteiger partial charge in [-0.2, -0.15) is 0 Å². The van der Waals surface area contributed by atoms with E-state index in [0.717, 1.165) is 51.0 Å². The summed E-state index contributed by atoms with van der Waals surface area (Å²) in [5.41, 5.74) is 11.2. The molecule has 0 spiro atoms. The smallest absolute Gasteiger partial charge is 0.748 e. The Morgan fingerprint density at radius 1 is 0.763 bits per heavy atom. The van der Waals surface area contributed by atoms with Crippen molar-refractivity contribution in [1.82, 2.24) is 0 Å². The van der Waals surface area contributed by atoms with Gasteiger partial charge in [0.1, 0.15) is 13.2 Å². The fourth-order valence-corrected chi connectivity index (χ4v) is 9.37. The Balaban J connectivity index is 0.00000211. The Labute approximate surface area is 406 Å². The Hall–Kier alpha value is -1.86. The van der Waals surface area contributed by atoms with Gasteiger partial charge in [-0.15, -0.1) is 0 Å². The summed E-state index contributed by atoms with van der Waals surface area (Å²) in [6, 6.07) is 17.4. The maximum atomic E-state index is 11.4. The number of nitrogens with zero attached hydrogens (tertiary/aromatic N) is 3. The van der Waals surface area contributed by atoms with Crippen LogP contribution in [0.3, 0.4) is 0 Å². The average molecular weight is 860 g/mol. The molecule has 2 heterocycles. The zero-order valence-corrected chi connectivity index (χ0v) is 41.9. The van der Waals surface area contributed by atoms with E-state index in [9.17, 15) is 13.0 Å².